The van der Waals surface area contributed by atoms with Gasteiger partial charge in [-0.3, -0.25) is 9.59 Å². The maximum atomic E-state index is 13.5. The Morgan fingerprint density at radius 3 is 2.41 bits per heavy atom. The quantitative estimate of drug-likeness (QED) is 0.531. The number of hydrogen-bond donors (Lipinski definition) is 0. The number of piperazine rings is 1. The van der Waals surface area contributed by atoms with Crippen LogP contribution in [0.4, 0.5) is 23.7 Å². The van der Waals surface area contributed by atoms with Gasteiger partial charge in [-0.1, -0.05) is 48.5 Å². The van der Waals surface area contributed by atoms with Crippen molar-refractivity contribution in [2.75, 3.05) is 11.4 Å². The van der Waals surface area contributed by atoms with E-state index < -0.39 is 53.3 Å². The molecular formula is C25H18F3N3O3. The van der Waals surface area contributed by atoms with Crippen molar-refractivity contribution in [1.29, 1.82) is 0 Å². The lowest BCUT2D eigenvalue weighted by Crippen LogP contribution is -2.55. The Balaban J connectivity index is 1.35. The first-order chi connectivity index (χ1) is 16.3. The highest BCUT2D eigenvalue weighted by Crippen LogP contribution is 2.44. The van der Waals surface area contributed by atoms with E-state index >= 15 is 0 Å². The average Bonchev–Trinajstić information content (AvgIpc) is 3.49. The molecule has 6 rings (SSSR count). The van der Waals surface area contributed by atoms with Crippen LogP contribution in [0.5, 0.6) is 0 Å². The van der Waals surface area contributed by atoms with Gasteiger partial charge in [0.2, 0.25) is 0 Å². The predicted molar refractivity (Wildman–Crippen MR) is 117 cm³/mol. The molecule has 3 saturated heterocycles. The summed E-state index contributed by atoms with van der Waals surface area (Å²) >= 11 is 0. The van der Waals surface area contributed by atoms with Crippen molar-refractivity contribution in [3.63, 3.8) is 0 Å². The number of anilines is 1. The molecule has 2 bridgehead atoms. The zero-order valence-corrected chi connectivity index (χ0v) is 17.7. The molecule has 172 valence electrons. The second-order valence-corrected chi connectivity index (χ2v) is 8.76. The summed E-state index contributed by atoms with van der Waals surface area (Å²) < 4.78 is 40.5. The van der Waals surface area contributed by atoms with Crippen LogP contribution in [0.1, 0.15) is 22.3 Å². The Morgan fingerprint density at radius 2 is 1.62 bits per heavy atom. The van der Waals surface area contributed by atoms with E-state index in [1.54, 1.807) is 12.1 Å². The van der Waals surface area contributed by atoms with Gasteiger partial charge < -0.3 is 9.80 Å². The highest BCUT2D eigenvalue weighted by Gasteiger charge is 2.63. The van der Waals surface area contributed by atoms with Crippen LogP contribution in [0.15, 0.2) is 66.7 Å². The summed E-state index contributed by atoms with van der Waals surface area (Å²) in [6.45, 7) is 0.0919. The van der Waals surface area contributed by atoms with E-state index in [2.05, 4.69) is 0 Å². The number of hydrogen-bond acceptors (Lipinski definition) is 3. The van der Waals surface area contributed by atoms with Crippen molar-refractivity contribution < 1.29 is 27.6 Å². The minimum atomic E-state index is -4.68. The first kappa shape index (κ1) is 20.7. The zero-order chi connectivity index (χ0) is 23.8. The molecule has 6 nitrogen and oxygen atoms in total. The van der Waals surface area contributed by atoms with Crippen molar-refractivity contribution in [3.05, 3.63) is 77.9 Å². The van der Waals surface area contributed by atoms with Gasteiger partial charge >= 0.3 is 12.2 Å². The van der Waals surface area contributed by atoms with E-state index in [0.717, 1.165) is 27.8 Å². The Morgan fingerprint density at radius 1 is 0.912 bits per heavy atom. The van der Waals surface area contributed by atoms with Crippen LogP contribution in [-0.2, 0) is 11.0 Å². The monoisotopic (exact) mass is 465 g/mol. The molecule has 0 saturated carbocycles. The molecule has 0 N–H and O–H groups in total. The fourth-order valence-corrected chi connectivity index (χ4v) is 5.59. The molecule has 9 heteroatoms. The average molecular weight is 465 g/mol. The van der Waals surface area contributed by atoms with Crippen molar-refractivity contribution in [3.8, 4) is 0 Å². The minimum Gasteiger partial charge on any atom is -0.331 e. The highest BCUT2D eigenvalue weighted by atomic mass is 19.4. The number of benzene rings is 3. The summed E-state index contributed by atoms with van der Waals surface area (Å²) in [5.41, 5.74) is -0.996. The van der Waals surface area contributed by atoms with Crippen LogP contribution in [0.2, 0.25) is 0 Å². The molecule has 3 atom stereocenters. The van der Waals surface area contributed by atoms with Gasteiger partial charge in [0.05, 0.1) is 28.9 Å². The molecule has 0 aliphatic carbocycles. The third-order valence-electron chi connectivity index (χ3n) is 7.00. The van der Waals surface area contributed by atoms with Gasteiger partial charge in [0, 0.05) is 11.9 Å². The van der Waals surface area contributed by atoms with E-state index in [4.69, 9.17) is 0 Å². The fourth-order valence-electron chi connectivity index (χ4n) is 5.59. The van der Waals surface area contributed by atoms with Crippen molar-refractivity contribution in [2.45, 2.75) is 30.7 Å². The van der Waals surface area contributed by atoms with Crippen molar-refractivity contribution in [1.82, 2.24) is 9.80 Å². The Bertz CT molecular complexity index is 1370. The summed E-state index contributed by atoms with van der Waals surface area (Å²) in [7, 11) is 0. The van der Waals surface area contributed by atoms with Crippen molar-refractivity contribution >= 4 is 34.3 Å². The number of nitrogens with zero attached hydrogens (tertiary/aromatic N) is 3. The number of halogens is 3. The maximum absolute atomic E-state index is 13.5. The standard InChI is InChI=1S/C25H18F3N3O3/c26-25(27,28)18-10-4-3-9-17(18)22(32)29-13-15-12-20(29)21-23(33)31(24(34)30(15)21)19-11-5-7-14-6-1-2-8-16(14)19/h1-11,15,20-21H,12-13H2/t15-,20-,21-/m0/s1. The van der Waals surface area contributed by atoms with Crippen LogP contribution >= 0.6 is 0 Å². The Hall–Kier alpha value is -3.88. The molecule has 3 aromatic rings. The van der Waals surface area contributed by atoms with E-state index in [-0.39, 0.29) is 6.54 Å². The van der Waals surface area contributed by atoms with E-state index in [9.17, 15) is 27.6 Å². The maximum Gasteiger partial charge on any atom is 0.417 e. The first-order valence-electron chi connectivity index (χ1n) is 10.9. The smallest absolute Gasteiger partial charge is 0.331 e. The topological polar surface area (TPSA) is 60.9 Å². The second kappa shape index (κ2) is 7.06. The van der Waals surface area contributed by atoms with Crippen LogP contribution in [0.25, 0.3) is 10.8 Å². The Labute approximate surface area is 192 Å². The minimum absolute atomic E-state index is 0.0919. The third kappa shape index (κ3) is 2.79. The lowest BCUT2D eigenvalue weighted by molar-refractivity contribution is -0.138. The van der Waals surface area contributed by atoms with E-state index in [0.29, 0.717) is 12.1 Å². The van der Waals surface area contributed by atoms with Gasteiger partial charge in [0.15, 0.2) is 0 Å². The molecule has 3 aromatic carbocycles. The lowest BCUT2D eigenvalue weighted by Gasteiger charge is -2.35. The molecular weight excluding hydrogens is 447 g/mol. The summed E-state index contributed by atoms with van der Waals surface area (Å²) in [4.78, 5) is 44.0. The first-order valence-corrected chi connectivity index (χ1v) is 10.9. The molecule has 3 aliphatic heterocycles. The number of alkyl halides is 3. The summed E-state index contributed by atoms with van der Waals surface area (Å²) in [6.07, 6.45) is -4.31. The van der Waals surface area contributed by atoms with Crippen LogP contribution in [0, 0.1) is 0 Å². The van der Waals surface area contributed by atoms with E-state index in [1.165, 1.54) is 21.9 Å². The molecule has 0 unspecified atom stereocenters. The predicted octanol–water partition coefficient (Wildman–Crippen LogP) is 4.29. The molecule has 3 aliphatic rings. The summed E-state index contributed by atoms with van der Waals surface area (Å²) in [5, 5.41) is 1.61. The number of likely N-dealkylation sites (tertiary alicyclic amines) is 1. The fraction of sp³-hybridized carbons (Fsp3) is 0.240. The highest BCUT2D eigenvalue weighted by molar-refractivity contribution is 6.25. The molecule has 3 fully saturated rings. The number of carbonyl (C=O) groups excluding carboxylic acids is 3. The number of fused-ring (bicyclic) bond motifs is 6. The van der Waals surface area contributed by atoms with Gasteiger partial charge in [0.1, 0.15) is 6.04 Å². The van der Waals surface area contributed by atoms with Gasteiger partial charge in [-0.25, -0.2) is 9.69 Å². The molecule has 0 radical (unpaired) electrons. The Kier molecular flexibility index (Phi) is 4.30. The third-order valence-corrected chi connectivity index (χ3v) is 7.00. The van der Waals surface area contributed by atoms with Crippen molar-refractivity contribution in [2.24, 2.45) is 0 Å². The van der Waals surface area contributed by atoms with Crippen LogP contribution < -0.4 is 4.90 Å². The molecule has 34 heavy (non-hydrogen) atoms. The number of amides is 4. The van der Waals surface area contributed by atoms with Gasteiger partial charge in [-0.15, -0.1) is 0 Å². The van der Waals surface area contributed by atoms with Gasteiger partial charge in [-0.05, 0) is 30.0 Å². The molecule has 4 amide bonds. The SMILES string of the molecule is O=C1[C@@H]2[C@@H]3C[C@@H](CN3C(=O)c3ccccc3C(F)(F)F)N2C(=O)N1c1cccc2ccccc12. The number of rotatable bonds is 2. The molecule has 0 spiro atoms. The number of imide groups is 1. The van der Waals surface area contributed by atoms with E-state index in [1.807, 2.05) is 30.3 Å². The summed E-state index contributed by atoms with van der Waals surface area (Å²) in [5.74, 6) is -1.24. The summed E-state index contributed by atoms with van der Waals surface area (Å²) in [6, 6.07) is 14.9. The normalized spacial score (nSPS) is 23.9. The zero-order valence-electron chi connectivity index (χ0n) is 17.7. The van der Waals surface area contributed by atoms with Crippen LogP contribution in [-0.4, -0.2) is 52.3 Å². The molecule has 0 aromatic heterocycles. The second-order valence-electron chi connectivity index (χ2n) is 8.76. The lowest BCUT2D eigenvalue weighted by atomic mass is 10.0. The van der Waals surface area contributed by atoms with Gasteiger partial charge in [-0.2, -0.15) is 13.2 Å². The number of urea groups is 1. The largest absolute Gasteiger partial charge is 0.417 e. The molecule has 3 heterocycles. The van der Waals surface area contributed by atoms with Crippen LogP contribution in [0.3, 0.4) is 0 Å². The number of carbonyl (C=O) groups is 3. The van der Waals surface area contributed by atoms with Gasteiger partial charge in [0.25, 0.3) is 11.8 Å².